The molecule has 1 aromatic heterocycles. The fraction of sp³-hybridized carbons (Fsp3) is 0.333. The van der Waals surface area contributed by atoms with E-state index in [4.69, 9.17) is 14.2 Å². The molecule has 3 aliphatic rings. The van der Waals surface area contributed by atoms with E-state index in [-0.39, 0.29) is 29.2 Å². The first-order valence-electron chi connectivity index (χ1n) is 11.2. The zero-order valence-electron chi connectivity index (χ0n) is 18.2. The molecule has 0 amide bonds. The van der Waals surface area contributed by atoms with Crippen molar-refractivity contribution < 1.29 is 23.9 Å². The highest BCUT2D eigenvalue weighted by molar-refractivity contribution is 6.27. The van der Waals surface area contributed by atoms with Gasteiger partial charge in [0, 0.05) is 54.8 Å². The van der Waals surface area contributed by atoms with E-state index in [1.165, 1.54) is 18.2 Å². The predicted molar refractivity (Wildman–Crippen MR) is 122 cm³/mol. The highest BCUT2D eigenvalue weighted by atomic mass is 16.7. The van der Waals surface area contributed by atoms with Crippen LogP contribution in [0.3, 0.4) is 0 Å². The topological polar surface area (TPSA) is 113 Å². The van der Waals surface area contributed by atoms with E-state index in [9.17, 15) is 19.7 Å². The molecule has 0 radical (unpaired) electrons. The Morgan fingerprint density at radius 2 is 1.68 bits per heavy atom. The van der Waals surface area contributed by atoms with Crippen LogP contribution in [0.2, 0.25) is 0 Å². The third-order valence-corrected chi connectivity index (χ3v) is 6.66. The second kappa shape index (κ2) is 7.93. The standard InChI is InChI=1S/C24H21N3O7/c28-23-17-12-20-19(33-13-34-20)11-16(17)22-21(23)15-3-2-14(27(30)31)10-18(15)24(29)26(22)5-1-4-25-6-8-32-9-7-25/h2-3,10-12H,1,4-9,13H2. The van der Waals surface area contributed by atoms with Crippen molar-refractivity contribution >= 4 is 22.2 Å². The Morgan fingerprint density at radius 1 is 0.941 bits per heavy atom. The number of rotatable bonds is 5. The number of fused-ring (bicyclic) bond motifs is 6. The Bertz CT molecular complexity index is 1420. The number of non-ortho nitro benzene ring substituents is 1. The van der Waals surface area contributed by atoms with Crippen molar-refractivity contribution in [2.75, 3.05) is 39.6 Å². The normalized spacial score (nSPS) is 16.6. The molecule has 0 unspecified atom stereocenters. The third-order valence-electron chi connectivity index (χ3n) is 6.66. The van der Waals surface area contributed by atoms with E-state index >= 15 is 0 Å². The summed E-state index contributed by atoms with van der Waals surface area (Å²) in [4.78, 5) is 40.3. The van der Waals surface area contributed by atoms with Crippen molar-refractivity contribution in [1.82, 2.24) is 9.47 Å². The Morgan fingerprint density at radius 3 is 2.41 bits per heavy atom. The number of nitro benzene ring substituents is 1. The number of morpholine rings is 1. The molecule has 3 heterocycles. The van der Waals surface area contributed by atoms with Crippen LogP contribution in [-0.2, 0) is 11.3 Å². The molecule has 10 nitrogen and oxygen atoms in total. The number of carbonyl (C=O) groups excluding carboxylic acids is 1. The van der Waals surface area contributed by atoms with E-state index in [2.05, 4.69) is 4.90 Å². The average molecular weight is 463 g/mol. The number of benzene rings is 2. The summed E-state index contributed by atoms with van der Waals surface area (Å²) in [5.41, 5.74) is 1.44. The van der Waals surface area contributed by atoms with Gasteiger partial charge in [-0.3, -0.25) is 24.6 Å². The van der Waals surface area contributed by atoms with Crippen molar-refractivity contribution in [3.8, 4) is 22.8 Å². The van der Waals surface area contributed by atoms with Crippen molar-refractivity contribution in [2.45, 2.75) is 13.0 Å². The first-order chi connectivity index (χ1) is 16.5. The number of nitro groups is 1. The molecular weight excluding hydrogens is 442 g/mol. The summed E-state index contributed by atoms with van der Waals surface area (Å²) in [5, 5.41) is 11.9. The second-order valence-electron chi connectivity index (χ2n) is 8.56. The summed E-state index contributed by atoms with van der Waals surface area (Å²) in [6.07, 6.45) is 0.681. The van der Waals surface area contributed by atoms with Crippen molar-refractivity contribution in [1.29, 1.82) is 0 Å². The van der Waals surface area contributed by atoms with E-state index in [0.717, 1.165) is 19.6 Å². The van der Waals surface area contributed by atoms with Crippen LogP contribution in [0.4, 0.5) is 5.69 Å². The molecule has 0 bridgehead atoms. The van der Waals surface area contributed by atoms with Gasteiger partial charge in [0.2, 0.25) is 6.79 Å². The van der Waals surface area contributed by atoms with Gasteiger partial charge in [0.1, 0.15) is 0 Å². The van der Waals surface area contributed by atoms with Gasteiger partial charge < -0.3 is 18.8 Å². The number of hydrogen-bond acceptors (Lipinski definition) is 8. The molecule has 1 fully saturated rings. The molecular formula is C24H21N3O7. The van der Waals surface area contributed by atoms with Gasteiger partial charge >= 0.3 is 0 Å². The molecule has 0 spiro atoms. The van der Waals surface area contributed by atoms with Crippen LogP contribution in [0.25, 0.3) is 22.0 Å². The quantitative estimate of drug-likeness (QED) is 0.328. The Kier molecular flexibility index (Phi) is 4.85. The lowest BCUT2D eigenvalue weighted by atomic mass is 10.0. The van der Waals surface area contributed by atoms with Gasteiger partial charge in [0.05, 0.1) is 34.8 Å². The summed E-state index contributed by atoms with van der Waals surface area (Å²) in [6.45, 7) is 4.27. The summed E-state index contributed by atoms with van der Waals surface area (Å²) in [7, 11) is 0. The Labute approximate surface area is 193 Å². The highest BCUT2D eigenvalue weighted by Gasteiger charge is 2.35. The van der Waals surface area contributed by atoms with Gasteiger partial charge in [0.25, 0.3) is 11.2 Å². The monoisotopic (exact) mass is 463 g/mol. The molecule has 10 heteroatoms. The zero-order valence-corrected chi connectivity index (χ0v) is 18.2. The van der Waals surface area contributed by atoms with Crippen LogP contribution in [0, 0.1) is 10.1 Å². The first kappa shape index (κ1) is 20.8. The number of hydrogen-bond donors (Lipinski definition) is 0. The predicted octanol–water partition coefficient (Wildman–Crippen LogP) is 2.57. The number of aromatic nitrogens is 1. The molecule has 2 aromatic carbocycles. The minimum atomic E-state index is -0.537. The van der Waals surface area contributed by atoms with E-state index in [1.807, 2.05) is 0 Å². The molecule has 2 aliphatic heterocycles. The molecule has 174 valence electrons. The van der Waals surface area contributed by atoms with Crippen LogP contribution in [0.15, 0.2) is 35.1 Å². The molecule has 6 rings (SSSR count). The third kappa shape index (κ3) is 3.17. The van der Waals surface area contributed by atoms with Gasteiger partial charge in [-0.05, 0) is 24.6 Å². The lowest BCUT2D eigenvalue weighted by Gasteiger charge is -2.26. The summed E-state index contributed by atoms with van der Waals surface area (Å²) in [5.74, 6) is 0.778. The van der Waals surface area contributed by atoms with E-state index in [0.29, 0.717) is 65.4 Å². The van der Waals surface area contributed by atoms with Crippen LogP contribution < -0.4 is 15.0 Å². The van der Waals surface area contributed by atoms with Gasteiger partial charge in [-0.1, -0.05) is 0 Å². The lowest BCUT2D eigenvalue weighted by molar-refractivity contribution is -0.384. The fourth-order valence-corrected chi connectivity index (χ4v) is 5.01. The SMILES string of the molecule is O=C1c2cc3c(cc2-c2c1c1ccc([N+](=O)[O-])cc1c(=O)n2CCCN1CCOCC1)OCO3. The van der Waals surface area contributed by atoms with E-state index < -0.39 is 4.92 Å². The van der Waals surface area contributed by atoms with Gasteiger partial charge in [-0.2, -0.15) is 0 Å². The number of ketones is 1. The number of carbonyl (C=O) groups is 1. The van der Waals surface area contributed by atoms with Crippen molar-refractivity contribution in [3.63, 3.8) is 0 Å². The maximum Gasteiger partial charge on any atom is 0.270 e. The van der Waals surface area contributed by atoms with Crippen molar-refractivity contribution in [3.05, 3.63) is 61.9 Å². The molecule has 34 heavy (non-hydrogen) atoms. The van der Waals surface area contributed by atoms with Crippen LogP contribution >= 0.6 is 0 Å². The molecule has 0 atom stereocenters. The summed E-state index contributed by atoms with van der Waals surface area (Å²) >= 11 is 0. The molecule has 3 aromatic rings. The van der Waals surface area contributed by atoms with Gasteiger partial charge in [-0.25, -0.2) is 0 Å². The minimum Gasteiger partial charge on any atom is -0.454 e. The molecule has 0 N–H and O–H groups in total. The maximum absolute atomic E-state index is 13.6. The van der Waals surface area contributed by atoms with Crippen LogP contribution in [-0.4, -0.2) is 59.8 Å². The first-order valence-corrected chi connectivity index (χ1v) is 11.2. The number of nitrogens with zero attached hydrogens (tertiary/aromatic N) is 3. The minimum absolute atomic E-state index is 0.0764. The van der Waals surface area contributed by atoms with Crippen molar-refractivity contribution in [2.24, 2.45) is 0 Å². The number of pyridine rings is 1. The fourth-order valence-electron chi connectivity index (χ4n) is 5.01. The smallest absolute Gasteiger partial charge is 0.270 e. The molecule has 0 saturated carbocycles. The lowest BCUT2D eigenvalue weighted by Crippen LogP contribution is -2.37. The van der Waals surface area contributed by atoms with E-state index in [1.54, 1.807) is 16.7 Å². The Hall–Kier alpha value is -3.76. The highest BCUT2D eigenvalue weighted by Crippen LogP contribution is 2.46. The maximum atomic E-state index is 13.6. The largest absolute Gasteiger partial charge is 0.454 e. The summed E-state index contributed by atoms with van der Waals surface area (Å²) < 4.78 is 18.0. The summed E-state index contributed by atoms with van der Waals surface area (Å²) in [6, 6.07) is 7.48. The average Bonchev–Trinajstić information content (AvgIpc) is 3.42. The molecule has 1 saturated heterocycles. The van der Waals surface area contributed by atoms with Gasteiger partial charge in [-0.15, -0.1) is 0 Å². The van der Waals surface area contributed by atoms with Crippen LogP contribution in [0.5, 0.6) is 11.5 Å². The Balaban J connectivity index is 1.51. The van der Waals surface area contributed by atoms with Crippen LogP contribution in [0.1, 0.15) is 22.3 Å². The second-order valence-corrected chi connectivity index (χ2v) is 8.56. The zero-order chi connectivity index (χ0) is 23.4. The molecule has 1 aliphatic carbocycles. The van der Waals surface area contributed by atoms with Gasteiger partial charge in [0.15, 0.2) is 17.3 Å². The number of ether oxygens (including phenoxy) is 3.